The first-order valence-electron chi connectivity index (χ1n) is 11.5. The number of ether oxygens (including phenoxy) is 1. The van der Waals surface area contributed by atoms with Crippen LogP contribution in [0.5, 0.6) is 0 Å². The number of nitrogens with zero attached hydrogens (tertiary/aromatic N) is 4. The van der Waals surface area contributed by atoms with Crippen molar-refractivity contribution < 1.29 is 9.53 Å². The molecule has 0 bridgehead atoms. The van der Waals surface area contributed by atoms with E-state index in [1.165, 1.54) is 0 Å². The molecular formula is C29H28N4O2. The van der Waals surface area contributed by atoms with Gasteiger partial charge in [-0.15, -0.1) is 5.11 Å². The molecule has 0 saturated carbocycles. The van der Waals surface area contributed by atoms with Gasteiger partial charge in [0, 0.05) is 31.4 Å². The molecule has 4 rings (SSSR count). The van der Waals surface area contributed by atoms with Crippen molar-refractivity contribution in [2.24, 2.45) is 15.2 Å². The van der Waals surface area contributed by atoms with Gasteiger partial charge in [-0.2, -0.15) is 5.11 Å². The van der Waals surface area contributed by atoms with Crippen LogP contribution in [0.4, 0.5) is 22.7 Å². The van der Waals surface area contributed by atoms with E-state index in [9.17, 15) is 4.79 Å². The molecule has 0 unspecified atom stereocenters. The maximum Gasteiger partial charge on any atom is 0.338 e. The minimum Gasteiger partial charge on any atom is -0.462 e. The minimum absolute atomic E-state index is 0.343. The summed E-state index contributed by atoms with van der Waals surface area (Å²) in [4.78, 5) is 18.6. The zero-order valence-electron chi connectivity index (χ0n) is 20.4. The predicted octanol–water partition coefficient (Wildman–Crippen LogP) is 7.56. The SMILES string of the molecule is CCOC(=O)c1ccc(N=Nc2ccc(C)c3cc(N=Cc4ccc(N(C)C)cc4)ccc23)cc1. The number of carbonyl (C=O) groups excluding carboxylic acids is 1. The molecule has 0 atom stereocenters. The number of anilines is 1. The van der Waals surface area contributed by atoms with Gasteiger partial charge in [0.05, 0.1) is 29.2 Å². The smallest absolute Gasteiger partial charge is 0.338 e. The molecule has 176 valence electrons. The Balaban J connectivity index is 1.55. The lowest BCUT2D eigenvalue weighted by atomic mass is 10.0. The van der Waals surface area contributed by atoms with E-state index in [0.29, 0.717) is 17.9 Å². The van der Waals surface area contributed by atoms with Crippen molar-refractivity contribution in [2.75, 3.05) is 25.6 Å². The van der Waals surface area contributed by atoms with Gasteiger partial charge < -0.3 is 9.64 Å². The van der Waals surface area contributed by atoms with Gasteiger partial charge >= 0.3 is 5.97 Å². The Morgan fingerprint density at radius 3 is 2.26 bits per heavy atom. The maximum absolute atomic E-state index is 11.8. The summed E-state index contributed by atoms with van der Waals surface area (Å²) in [7, 11) is 4.05. The number of carbonyl (C=O) groups is 1. The number of benzene rings is 4. The van der Waals surface area contributed by atoms with Crippen molar-refractivity contribution >= 4 is 45.7 Å². The van der Waals surface area contributed by atoms with Gasteiger partial charge in [0.1, 0.15) is 0 Å². The van der Waals surface area contributed by atoms with Crippen LogP contribution in [-0.2, 0) is 4.74 Å². The zero-order chi connectivity index (χ0) is 24.8. The van der Waals surface area contributed by atoms with Crippen LogP contribution in [-0.4, -0.2) is 32.9 Å². The van der Waals surface area contributed by atoms with Crippen LogP contribution in [0.2, 0.25) is 0 Å². The topological polar surface area (TPSA) is 66.6 Å². The molecule has 0 spiro atoms. The Morgan fingerprint density at radius 1 is 0.857 bits per heavy atom. The van der Waals surface area contributed by atoms with Crippen molar-refractivity contribution in [3.63, 3.8) is 0 Å². The largest absolute Gasteiger partial charge is 0.462 e. The normalized spacial score (nSPS) is 11.4. The minimum atomic E-state index is -0.343. The number of aryl methyl sites for hydroxylation is 1. The highest BCUT2D eigenvalue weighted by Gasteiger charge is 2.07. The molecular weight excluding hydrogens is 436 g/mol. The molecule has 4 aromatic carbocycles. The fourth-order valence-corrected chi connectivity index (χ4v) is 3.63. The van der Waals surface area contributed by atoms with Gasteiger partial charge in [0.2, 0.25) is 0 Å². The van der Waals surface area contributed by atoms with E-state index >= 15 is 0 Å². The molecule has 4 aromatic rings. The number of aliphatic imine (C=N–C) groups is 1. The number of hydrogen-bond donors (Lipinski definition) is 0. The quantitative estimate of drug-likeness (QED) is 0.161. The van der Waals surface area contributed by atoms with Crippen molar-refractivity contribution in [3.05, 3.63) is 95.6 Å². The summed E-state index contributed by atoms with van der Waals surface area (Å²) >= 11 is 0. The Bertz CT molecular complexity index is 1390. The van der Waals surface area contributed by atoms with E-state index in [0.717, 1.165) is 39.0 Å². The van der Waals surface area contributed by atoms with E-state index in [1.807, 2.05) is 44.6 Å². The molecule has 6 heteroatoms. The first-order chi connectivity index (χ1) is 16.9. The lowest BCUT2D eigenvalue weighted by molar-refractivity contribution is 0.0526. The van der Waals surface area contributed by atoms with E-state index in [2.05, 4.69) is 57.4 Å². The first-order valence-corrected chi connectivity index (χ1v) is 11.5. The maximum atomic E-state index is 11.8. The average Bonchev–Trinajstić information content (AvgIpc) is 2.88. The lowest BCUT2D eigenvalue weighted by Crippen LogP contribution is -2.08. The third-order valence-corrected chi connectivity index (χ3v) is 5.62. The van der Waals surface area contributed by atoms with Crippen molar-refractivity contribution in [3.8, 4) is 0 Å². The molecule has 0 aliphatic carbocycles. The van der Waals surface area contributed by atoms with Gasteiger partial charge in [-0.05, 0) is 91.0 Å². The summed E-state index contributed by atoms with van der Waals surface area (Å²) in [5.74, 6) is -0.343. The van der Waals surface area contributed by atoms with Gasteiger partial charge in [0.25, 0.3) is 0 Å². The average molecular weight is 465 g/mol. The first kappa shape index (κ1) is 23.8. The summed E-state index contributed by atoms with van der Waals surface area (Å²) in [5, 5.41) is 10.9. The molecule has 0 N–H and O–H groups in total. The summed E-state index contributed by atoms with van der Waals surface area (Å²) in [5.41, 5.74) is 6.14. The summed E-state index contributed by atoms with van der Waals surface area (Å²) in [6, 6.07) is 25.2. The Labute approximate surface area is 205 Å². The fraction of sp³-hybridized carbons (Fsp3) is 0.172. The molecule has 0 amide bonds. The van der Waals surface area contributed by atoms with E-state index in [4.69, 9.17) is 4.74 Å². The van der Waals surface area contributed by atoms with Crippen molar-refractivity contribution in [1.29, 1.82) is 0 Å². The molecule has 0 radical (unpaired) electrons. The molecule has 0 heterocycles. The highest BCUT2D eigenvalue weighted by Crippen LogP contribution is 2.32. The van der Waals surface area contributed by atoms with Crippen LogP contribution in [0.15, 0.2) is 94.1 Å². The molecule has 0 aliphatic heterocycles. The second-order valence-electron chi connectivity index (χ2n) is 8.34. The molecule has 0 aliphatic rings. The predicted molar refractivity (Wildman–Crippen MR) is 143 cm³/mol. The highest BCUT2D eigenvalue weighted by molar-refractivity contribution is 5.97. The summed E-state index contributed by atoms with van der Waals surface area (Å²) in [6.45, 7) is 4.20. The molecule has 35 heavy (non-hydrogen) atoms. The Morgan fingerprint density at radius 2 is 1.57 bits per heavy atom. The lowest BCUT2D eigenvalue weighted by Gasteiger charge is -2.11. The van der Waals surface area contributed by atoms with Crippen LogP contribution in [0.3, 0.4) is 0 Å². The zero-order valence-corrected chi connectivity index (χ0v) is 20.4. The van der Waals surface area contributed by atoms with Gasteiger partial charge in [-0.3, -0.25) is 4.99 Å². The number of hydrogen-bond acceptors (Lipinski definition) is 6. The van der Waals surface area contributed by atoms with Gasteiger partial charge in [0.15, 0.2) is 0 Å². The second-order valence-corrected chi connectivity index (χ2v) is 8.34. The highest BCUT2D eigenvalue weighted by atomic mass is 16.5. The number of esters is 1. The van der Waals surface area contributed by atoms with E-state index in [1.54, 1.807) is 31.2 Å². The standard InChI is InChI=1S/C29H28N4O2/c1-5-35-29(34)22-9-11-23(12-10-22)31-32-28-17-6-20(2)27-18-24(13-16-26(27)28)30-19-21-7-14-25(15-8-21)33(3)4/h6-19H,5H2,1-4H3. The second kappa shape index (κ2) is 10.7. The number of rotatable bonds is 7. The number of fused-ring (bicyclic) bond motifs is 1. The van der Waals surface area contributed by atoms with Crippen LogP contribution >= 0.6 is 0 Å². The van der Waals surface area contributed by atoms with Gasteiger partial charge in [-0.25, -0.2) is 4.79 Å². The Kier molecular flexibility index (Phi) is 7.31. The van der Waals surface area contributed by atoms with Crippen LogP contribution in [0.25, 0.3) is 10.8 Å². The summed E-state index contributed by atoms with van der Waals surface area (Å²) < 4.78 is 5.02. The van der Waals surface area contributed by atoms with Crippen LogP contribution < -0.4 is 4.90 Å². The van der Waals surface area contributed by atoms with Crippen molar-refractivity contribution in [2.45, 2.75) is 13.8 Å². The third kappa shape index (κ3) is 5.79. The molecule has 0 fully saturated rings. The van der Waals surface area contributed by atoms with E-state index in [-0.39, 0.29) is 5.97 Å². The van der Waals surface area contributed by atoms with Crippen molar-refractivity contribution in [1.82, 2.24) is 0 Å². The fourth-order valence-electron chi connectivity index (χ4n) is 3.63. The summed E-state index contributed by atoms with van der Waals surface area (Å²) in [6.07, 6.45) is 1.87. The number of azo groups is 1. The van der Waals surface area contributed by atoms with E-state index < -0.39 is 0 Å². The molecule has 6 nitrogen and oxygen atoms in total. The van der Waals surface area contributed by atoms with Gasteiger partial charge in [-0.1, -0.05) is 18.2 Å². The molecule has 0 aromatic heterocycles. The monoisotopic (exact) mass is 464 g/mol. The molecule has 0 saturated heterocycles. The third-order valence-electron chi connectivity index (χ3n) is 5.62. The van der Waals surface area contributed by atoms with Crippen LogP contribution in [0, 0.1) is 6.92 Å². The van der Waals surface area contributed by atoms with Crippen LogP contribution in [0.1, 0.15) is 28.4 Å². The Hall–Kier alpha value is -4.32.